The fourth-order valence-electron chi connectivity index (χ4n) is 3.66. The zero-order valence-corrected chi connectivity index (χ0v) is 18.7. The predicted octanol–water partition coefficient (Wildman–Crippen LogP) is 8.58. The molecule has 0 unspecified atom stereocenters. The fraction of sp³-hybridized carbons (Fsp3) is 0.750. The standard InChI is InChI=1S/C24H43OP/c1-4-6-8-10-12-14-20-26(25,21-15-13-11-9-7-5-2)22-24-18-16-23(3)17-19-24/h16-19H,4-15,20-22H2,1-3H3. The Balaban J connectivity index is 2.47. The van der Waals surface area contributed by atoms with Gasteiger partial charge in [0.15, 0.2) is 0 Å². The SMILES string of the molecule is CCCCCCCCP(=O)(CCCCCCCC)Cc1ccc(C)cc1. The van der Waals surface area contributed by atoms with Crippen LogP contribution in [0.3, 0.4) is 0 Å². The third-order valence-electron chi connectivity index (χ3n) is 5.43. The van der Waals surface area contributed by atoms with Crippen molar-refractivity contribution in [2.75, 3.05) is 12.3 Å². The number of benzene rings is 1. The zero-order valence-electron chi connectivity index (χ0n) is 17.8. The van der Waals surface area contributed by atoms with Crippen molar-refractivity contribution >= 4 is 7.14 Å². The molecule has 2 heteroatoms. The minimum Gasteiger partial charge on any atom is -0.323 e. The van der Waals surface area contributed by atoms with Crippen LogP contribution in [0.2, 0.25) is 0 Å². The molecule has 0 radical (unpaired) electrons. The smallest absolute Gasteiger partial charge is 0.0919 e. The summed E-state index contributed by atoms with van der Waals surface area (Å²) in [4.78, 5) is 0. The lowest BCUT2D eigenvalue weighted by Crippen LogP contribution is -2.01. The highest BCUT2D eigenvalue weighted by Crippen LogP contribution is 2.50. The van der Waals surface area contributed by atoms with Gasteiger partial charge in [-0.05, 0) is 25.3 Å². The number of rotatable bonds is 16. The van der Waals surface area contributed by atoms with E-state index in [9.17, 15) is 4.57 Å². The Labute approximate surface area is 163 Å². The average molecular weight is 379 g/mol. The van der Waals surface area contributed by atoms with Crippen molar-refractivity contribution in [1.82, 2.24) is 0 Å². The maximum atomic E-state index is 13.6. The summed E-state index contributed by atoms with van der Waals surface area (Å²) in [6.07, 6.45) is 18.2. The first-order chi connectivity index (χ1) is 12.6. The van der Waals surface area contributed by atoms with Gasteiger partial charge in [0, 0.05) is 18.5 Å². The molecule has 0 saturated carbocycles. The minimum absolute atomic E-state index is 0.817. The highest BCUT2D eigenvalue weighted by Gasteiger charge is 2.21. The van der Waals surface area contributed by atoms with Gasteiger partial charge in [0.05, 0.1) is 7.14 Å². The minimum atomic E-state index is -2.07. The van der Waals surface area contributed by atoms with E-state index in [0.29, 0.717) is 0 Å². The largest absolute Gasteiger partial charge is 0.323 e. The first kappa shape index (κ1) is 23.5. The van der Waals surface area contributed by atoms with E-state index in [1.807, 2.05) is 0 Å². The third kappa shape index (κ3) is 11.2. The van der Waals surface area contributed by atoms with Gasteiger partial charge in [0.1, 0.15) is 0 Å². The number of aryl methyl sites for hydroxylation is 1. The van der Waals surface area contributed by atoms with Crippen LogP contribution in [0.25, 0.3) is 0 Å². The van der Waals surface area contributed by atoms with E-state index >= 15 is 0 Å². The second-order valence-electron chi connectivity index (χ2n) is 8.18. The molecule has 26 heavy (non-hydrogen) atoms. The van der Waals surface area contributed by atoms with Crippen LogP contribution >= 0.6 is 7.14 Å². The van der Waals surface area contributed by atoms with Crippen molar-refractivity contribution in [1.29, 1.82) is 0 Å². The third-order valence-corrected chi connectivity index (χ3v) is 8.63. The van der Waals surface area contributed by atoms with Gasteiger partial charge >= 0.3 is 0 Å². The molecule has 0 saturated heterocycles. The van der Waals surface area contributed by atoms with Crippen molar-refractivity contribution in [2.24, 2.45) is 0 Å². The van der Waals surface area contributed by atoms with Gasteiger partial charge in [-0.1, -0.05) is 108 Å². The summed E-state index contributed by atoms with van der Waals surface area (Å²) in [5.41, 5.74) is 2.56. The summed E-state index contributed by atoms with van der Waals surface area (Å²) in [5.74, 6) is 0. The first-order valence-corrected chi connectivity index (χ1v) is 13.5. The summed E-state index contributed by atoms with van der Waals surface area (Å²) in [6.45, 7) is 6.64. The molecule has 1 aromatic rings. The van der Waals surface area contributed by atoms with Gasteiger partial charge in [0.25, 0.3) is 0 Å². The number of unbranched alkanes of at least 4 members (excludes halogenated alkanes) is 10. The Morgan fingerprint density at radius 2 is 1.08 bits per heavy atom. The van der Waals surface area contributed by atoms with Crippen molar-refractivity contribution < 1.29 is 4.57 Å². The molecule has 1 aromatic carbocycles. The molecule has 0 aromatic heterocycles. The van der Waals surface area contributed by atoms with E-state index in [2.05, 4.69) is 45.0 Å². The van der Waals surface area contributed by atoms with Gasteiger partial charge in [-0.15, -0.1) is 0 Å². The zero-order chi connectivity index (χ0) is 19.1. The molecule has 0 aliphatic heterocycles. The second-order valence-corrected chi connectivity index (χ2v) is 11.5. The molecular weight excluding hydrogens is 335 g/mol. The van der Waals surface area contributed by atoms with E-state index in [0.717, 1.165) is 31.3 Å². The molecule has 0 N–H and O–H groups in total. The van der Waals surface area contributed by atoms with E-state index in [1.54, 1.807) is 0 Å². The van der Waals surface area contributed by atoms with E-state index in [-0.39, 0.29) is 0 Å². The van der Waals surface area contributed by atoms with E-state index in [4.69, 9.17) is 0 Å². The quantitative estimate of drug-likeness (QED) is 0.208. The highest BCUT2D eigenvalue weighted by molar-refractivity contribution is 7.63. The van der Waals surface area contributed by atoms with Crippen molar-refractivity contribution in [3.05, 3.63) is 35.4 Å². The van der Waals surface area contributed by atoms with Crippen molar-refractivity contribution in [3.8, 4) is 0 Å². The molecule has 1 nitrogen and oxygen atoms in total. The molecule has 0 heterocycles. The Morgan fingerprint density at radius 1 is 0.654 bits per heavy atom. The monoisotopic (exact) mass is 378 g/mol. The molecule has 0 spiro atoms. The van der Waals surface area contributed by atoms with E-state index < -0.39 is 7.14 Å². The topological polar surface area (TPSA) is 17.1 Å². The lowest BCUT2D eigenvalue weighted by molar-refractivity contribution is 0.560. The lowest BCUT2D eigenvalue weighted by atomic mass is 10.1. The molecule has 0 amide bonds. The van der Waals surface area contributed by atoms with Crippen molar-refractivity contribution in [3.63, 3.8) is 0 Å². The average Bonchev–Trinajstić information content (AvgIpc) is 2.63. The summed E-state index contributed by atoms with van der Waals surface area (Å²) in [7, 11) is -2.07. The molecular formula is C24H43OP. The van der Waals surface area contributed by atoms with Crippen LogP contribution in [0.4, 0.5) is 0 Å². The van der Waals surface area contributed by atoms with Crippen LogP contribution in [-0.2, 0) is 10.7 Å². The first-order valence-electron chi connectivity index (χ1n) is 11.2. The normalized spacial score (nSPS) is 11.8. The lowest BCUT2D eigenvalue weighted by Gasteiger charge is -2.19. The second kappa shape index (κ2) is 14.5. The molecule has 0 aliphatic rings. The summed E-state index contributed by atoms with van der Waals surface area (Å²) in [5, 5.41) is 0. The molecule has 0 atom stereocenters. The highest BCUT2D eigenvalue weighted by atomic mass is 31.2. The molecule has 150 valence electrons. The van der Waals surface area contributed by atoms with Crippen LogP contribution < -0.4 is 0 Å². The van der Waals surface area contributed by atoms with E-state index in [1.165, 1.54) is 75.3 Å². The molecule has 0 aliphatic carbocycles. The molecule has 0 bridgehead atoms. The summed E-state index contributed by atoms with van der Waals surface area (Å²) >= 11 is 0. The van der Waals surface area contributed by atoms with Crippen LogP contribution in [0, 0.1) is 6.92 Å². The van der Waals surface area contributed by atoms with Gasteiger partial charge in [0.2, 0.25) is 0 Å². The van der Waals surface area contributed by atoms with Gasteiger partial charge in [-0.3, -0.25) is 0 Å². The number of hydrogen-bond acceptors (Lipinski definition) is 1. The Bertz CT molecular complexity index is 471. The fourth-order valence-corrected chi connectivity index (χ4v) is 6.67. The predicted molar refractivity (Wildman–Crippen MR) is 119 cm³/mol. The van der Waals surface area contributed by atoms with Gasteiger partial charge < -0.3 is 4.57 Å². The molecule has 1 rings (SSSR count). The Morgan fingerprint density at radius 3 is 1.54 bits per heavy atom. The van der Waals surface area contributed by atoms with Gasteiger partial charge in [-0.2, -0.15) is 0 Å². The maximum absolute atomic E-state index is 13.6. The van der Waals surface area contributed by atoms with Crippen LogP contribution in [0.15, 0.2) is 24.3 Å². The Kier molecular flexibility index (Phi) is 13.1. The molecule has 0 fully saturated rings. The summed E-state index contributed by atoms with van der Waals surface area (Å²) < 4.78 is 13.6. The Hall–Kier alpha value is -0.550. The van der Waals surface area contributed by atoms with Crippen LogP contribution in [0.1, 0.15) is 102 Å². The number of hydrogen-bond donors (Lipinski definition) is 0. The summed E-state index contributed by atoms with van der Waals surface area (Å²) in [6, 6.07) is 8.69. The van der Waals surface area contributed by atoms with Gasteiger partial charge in [-0.25, -0.2) is 0 Å². The maximum Gasteiger partial charge on any atom is 0.0919 e. The van der Waals surface area contributed by atoms with Crippen LogP contribution in [-0.4, -0.2) is 12.3 Å². The van der Waals surface area contributed by atoms with Crippen LogP contribution in [0.5, 0.6) is 0 Å². The van der Waals surface area contributed by atoms with Crippen molar-refractivity contribution in [2.45, 2.75) is 104 Å².